The third-order valence-corrected chi connectivity index (χ3v) is 5.18. The number of imide groups is 1. The lowest BCUT2D eigenvalue weighted by Crippen LogP contribution is -2.40. The fourth-order valence-electron chi connectivity index (χ4n) is 2.77. The summed E-state index contributed by atoms with van der Waals surface area (Å²) < 4.78 is 5.25. The average Bonchev–Trinajstić information content (AvgIpc) is 2.97. The van der Waals surface area contributed by atoms with Crippen LogP contribution in [0.4, 0.5) is 4.79 Å². The first-order valence-corrected chi connectivity index (χ1v) is 9.72. The quantitative estimate of drug-likeness (QED) is 0.679. The predicted molar refractivity (Wildman–Crippen MR) is 110 cm³/mol. The van der Waals surface area contributed by atoms with Crippen LogP contribution in [0.25, 0.3) is 6.08 Å². The van der Waals surface area contributed by atoms with Crippen LogP contribution in [0.2, 0.25) is 0 Å². The van der Waals surface area contributed by atoms with Crippen LogP contribution in [-0.4, -0.2) is 47.3 Å². The molecule has 0 radical (unpaired) electrons. The molecule has 8 heteroatoms. The lowest BCUT2D eigenvalue weighted by atomic mass is 10.1. The maximum Gasteiger partial charge on any atom is 0.294 e. The normalized spacial score (nSPS) is 15.1. The first-order valence-electron chi connectivity index (χ1n) is 8.91. The van der Waals surface area contributed by atoms with E-state index in [9.17, 15) is 19.5 Å². The van der Waals surface area contributed by atoms with Crippen molar-refractivity contribution in [2.45, 2.75) is 6.42 Å². The lowest BCUT2D eigenvalue weighted by Gasteiger charge is -2.12. The number of para-hydroxylation sites is 1. The number of phenolic OH excluding ortho intramolecular Hbond substituents is 1. The van der Waals surface area contributed by atoms with Gasteiger partial charge in [-0.2, -0.15) is 0 Å². The summed E-state index contributed by atoms with van der Waals surface area (Å²) in [6.45, 7) is 0.0282. The molecule has 0 unspecified atom stereocenters. The second kappa shape index (κ2) is 9.29. The molecular formula is C21H20N2O5S. The van der Waals surface area contributed by atoms with Crippen molar-refractivity contribution in [3.63, 3.8) is 0 Å². The van der Waals surface area contributed by atoms with Gasteiger partial charge in [0.2, 0.25) is 5.91 Å². The molecular weight excluding hydrogens is 392 g/mol. The summed E-state index contributed by atoms with van der Waals surface area (Å²) >= 11 is 0.799. The molecule has 1 saturated heterocycles. The van der Waals surface area contributed by atoms with Crippen molar-refractivity contribution in [1.82, 2.24) is 10.2 Å². The molecule has 2 aromatic carbocycles. The molecule has 1 heterocycles. The zero-order chi connectivity index (χ0) is 20.8. The molecule has 0 saturated carbocycles. The number of ether oxygens (including phenoxy) is 1. The summed E-state index contributed by atoms with van der Waals surface area (Å²) in [6.07, 6.45) is 2.16. The maximum atomic E-state index is 12.6. The highest BCUT2D eigenvalue weighted by atomic mass is 32.2. The van der Waals surface area contributed by atoms with Crippen LogP contribution in [0.5, 0.6) is 11.5 Å². The van der Waals surface area contributed by atoms with Crippen molar-refractivity contribution in [3.8, 4) is 11.5 Å². The summed E-state index contributed by atoms with van der Waals surface area (Å²) in [4.78, 5) is 38.1. The second-order valence-corrected chi connectivity index (χ2v) is 7.27. The number of hydrogen-bond acceptors (Lipinski definition) is 6. The van der Waals surface area contributed by atoms with Gasteiger partial charge in [0.05, 0.1) is 12.0 Å². The number of amides is 3. The zero-order valence-corrected chi connectivity index (χ0v) is 16.6. The molecule has 1 fully saturated rings. The van der Waals surface area contributed by atoms with E-state index in [1.54, 1.807) is 48.5 Å². The summed E-state index contributed by atoms with van der Waals surface area (Å²) in [7, 11) is 1.53. The summed E-state index contributed by atoms with van der Waals surface area (Å²) in [6, 6.07) is 13.8. The van der Waals surface area contributed by atoms with Crippen LogP contribution in [0.3, 0.4) is 0 Å². The number of rotatable bonds is 7. The molecule has 0 bridgehead atoms. The number of benzene rings is 2. The minimum Gasteiger partial charge on any atom is -0.508 e. The molecule has 0 aliphatic carbocycles. The number of methoxy groups -OCH3 is 1. The van der Waals surface area contributed by atoms with Crippen molar-refractivity contribution >= 4 is 34.9 Å². The van der Waals surface area contributed by atoms with Crippen LogP contribution in [-0.2, 0) is 16.0 Å². The van der Waals surface area contributed by atoms with E-state index in [4.69, 9.17) is 4.74 Å². The van der Waals surface area contributed by atoms with Gasteiger partial charge in [0.25, 0.3) is 11.1 Å². The highest BCUT2D eigenvalue weighted by Gasteiger charge is 2.36. The Balaban J connectivity index is 1.57. The number of nitrogens with zero attached hydrogens (tertiary/aromatic N) is 1. The van der Waals surface area contributed by atoms with Crippen molar-refractivity contribution in [1.29, 1.82) is 0 Å². The number of nitrogens with one attached hydrogen (secondary N) is 1. The highest BCUT2D eigenvalue weighted by Crippen LogP contribution is 2.33. The van der Waals surface area contributed by atoms with E-state index in [1.807, 2.05) is 6.07 Å². The average molecular weight is 412 g/mol. The highest BCUT2D eigenvalue weighted by molar-refractivity contribution is 8.18. The number of thioether (sulfide) groups is 1. The Morgan fingerprint density at radius 3 is 2.62 bits per heavy atom. The summed E-state index contributed by atoms with van der Waals surface area (Å²) in [5.74, 6) is -0.145. The van der Waals surface area contributed by atoms with E-state index in [-0.39, 0.29) is 17.2 Å². The van der Waals surface area contributed by atoms with Gasteiger partial charge in [-0.3, -0.25) is 19.3 Å². The van der Waals surface area contributed by atoms with Crippen LogP contribution in [0.15, 0.2) is 53.4 Å². The molecule has 0 atom stereocenters. The minimum absolute atomic E-state index is 0.179. The molecule has 7 nitrogen and oxygen atoms in total. The van der Waals surface area contributed by atoms with Gasteiger partial charge in [-0.25, -0.2) is 0 Å². The Morgan fingerprint density at radius 2 is 1.90 bits per heavy atom. The number of aromatic hydroxyl groups is 1. The lowest BCUT2D eigenvalue weighted by molar-refractivity contribution is -0.129. The molecule has 1 aliphatic rings. The monoisotopic (exact) mass is 412 g/mol. The van der Waals surface area contributed by atoms with Crippen molar-refractivity contribution in [3.05, 3.63) is 64.6 Å². The Labute approximate surface area is 172 Å². The number of phenols is 1. The van der Waals surface area contributed by atoms with Gasteiger partial charge >= 0.3 is 0 Å². The van der Waals surface area contributed by atoms with Gasteiger partial charge in [-0.05, 0) is 48.0 Å². The van der Waals surface area contributed by atoms with E-state index in [0.717, 1.165) is 22.2 Å². The summed E-state index contributed by atoms with van der Waals surface area (Å²) in [5.41, 5.74) is 1.63. The first kappa shape index (κ1) is 20.5. The van der Waals surface area contributed by atoms with Gasteiger partial charge in [-0.1, -0.05) is 30.3 Å². The van der Waals surface area contributed by atoms with Gasteiger partial charge in [-0.15, -0.1) is 0 Å². The van der Waals surface area contributed by atoms with E-state index in [2.05, 4.69) is 5.32 Å². The van der Waals surface area contributed by atoms with Crippen molar-refractivity contribution in [2.24, 2.45) is 0 Å². The van der Waals surface area contributed by atoms with Crippen LogP contribution in [0.1, 0.15) is 11.1 Å². The Kier molecular flexibility index (Phi) is 6.56. The van der Waals surface area contributed by atoms with Crippen LogP contribution in [0, 0.1) is 0 Å². The molecule has 1 aliphatic heterocycles. The standard InChI is InChI=1S/C21H20N2O5S/c1-28-17-5-3-2-4-15(17)12-18-20(26)23(21(27)29-18)13-19(25)22-11-10-14-6-8-16(24)9-7-14/h2-9,12,24H,10-11,13H2,1H3,(H,22,25)/b18-12+. The number of hydrogen-bond donors (Lipinski definition) is 2. The fourth-order valence-corrected chi connectivity index (χ4v) is 3.60. The minimum atomic E-state index is -0.500. The summed E-state index contributed by atoms with van der Waals surface area (Å²) in [5, 5.41) is 11.5. The molecule has 2 N–H and O–H groups in total. The predicted octanol–water partition coefficient (Wildman–Crippen LogP) is 2.80. The first-order chi connectivity index (χ1) is 14.0. The zero-order valence-electron chi connectivity index (χ0n) is 15.8. The second-order valence-electron chi connectivity index (χ2n) is 6.28. The van der Waals surface area contributed by atoms with Gasteiger partial charge in [0, 0.05) is 12.1 Å². The van der Waals surface area contributed by atoms with Crippen molar-refractivity contribution < 1.29 is 24.2 Å². The molecule has 0 aromatic heterocycles. The maximum absolute atomic E-state index is 12.6. The van der Waals surface area contributed by atoms with Crippen LogP contribution >= 0.6 is 11.8 Å². The third kappa shape index (κ3) is 5.17. The number of carbonyl (C=O) groups is 3. The fraction of sp³-hybridized carbons (Fsp3) is 0.190. The Bertz CT molecular complexity index is 956. The molecule has 0 spiro atoms. The van der Waals surface area contributed by atoms with E-state index >= 15 is 0 Å². The van der Waals surface area contributed by atoms with Gasteiger partial charge < -0.3 is 15.2 Å². The van der Waals surface area contributed by atoms with E-state index in [0.29, 0.717) is 24.3 Å². The Hall–Kier alpha value is -3.26. The van der Waals surface area contributed by atoms with Crippen LogP contribution < -0.4 is 10.1 Å². The van der Waals surface area contributed by atoms with E-state index in [1.165, 1.54) is 7.11 Å². The molecule has 2 aromatic rings. The Morgan fingerprint density at radius 1 is 1.17 bits per heavy atom. The third-order valence-electron chi connectivity index (χ3n) is 4.27. The molecule has 3 amide bonds. The topological polar surface area (TPSA) is 95.9 Å². The molecule has 150 valence electrons. The molecule has 3 rings (SSSR count). The van der Waals surface area contributed by atoms with Gasteiger partial charge in [0.1, 0.15) is 18.0 Å². The largest absolute Gasteiger partial charge is 0.508 e. The van der Waals surface area contributed by atoms with Gasteiger partial charge in [0.15, 0.2) is 0 Å². The van der Waals surface area contributed by atoms with Crippen molar-refractivity contribution in [2.75, 3.05) is 20.2 Å². The SMILES string of the molecule is COc1ccccc1/C=C1/SC(=O)N(CC(=O)NCCc2ccc(O)cc2)C1=O. The molecule has 29 heavy (non-hydrogen) atoms. The number of carbonyl (C=O) groups excluding carboxylic acids is 3. The smallest absolute Gasteiger partial charge is 0.294 e. The van der Waals surface area contributed by atoms with E-state index < -0.39 is 17.1 Å².